The lowest BCUT2D eigenvalue weighted by Gasteiger charge is -2.20. The van der Waals surface area contributed by atoms with Gasteiger partial charge in [0.25, 0.3) is 0 Å². The highest BCUT2D eigenvalue weighted by Gasteiger charge is 2.16. The van der Waals surface area contributed by atoms with Gasteiger partial charge < -0.3 is 0 Å². The van der Waals surface area contributed by atoms with E-state index in [0.717, 1.165) is 5.65 Å². The largest absolute Gasteiger partial charge is 0.299 e. The molecule has 26 heavy (non-hydrogen) atoms. The van der Waals surface area contributed by atoms with Crippen LogP contribution in [0.25, 0.3) is 38.1 Å². The van der Waals surface area contributed by atoms with Gasteiger partial charge in [0, 0.05) is 23.2 Å². The van der Waals surface area contributed by atoms with E-state index in [1.165, 1.54) is 43.6 Å². The molecule has 2 nitrogen and oxygen atoms in total. The Morgan fingerprint density at radius 3 is 2.42 bits per heavy atom. The highest BCUT2D eigenvalue weighted by Crippen LogP contribution is 2.34. The van der Waals surface area contributed by atoms with E-state index in [9.17, 15) is 0 Å². The molecule has 0 saturated heterocycles. The van der Waals surface area contributed by atoms with Gasteiger partial charge in [-0.15, -0.1) is 0 Å². The van der Waals surface area contributed by atoms with Crippen molar-refractivity contribution in [3.8, 4) is 0 Å². The standard InChI is InChI=1S/C24H22N2/c1-15-5-6-16-12-21-20(13-17(16)11-15)19-8-7-18(24(2,3)4)14-22(19)26-10-9-25-23(21)26/h5-14H,1-4H3. The Morgan fingerprint density at radius 2 is 1.62 bits per heavy atom. The Bertz CT molecular complexity index is 1320. The van der Waals surface area contributed by atoms with Gasteiger partial charge in [0.1, 0.15) is 5.65 Å². The maximum Gasteiger partial charge on any atom is 0.145 e. The summed E-state index contributed by atoms with van der Waals surface area (Å²) in [5, 5.41) is 6.31. The average molecular weight is 338 g/mol. The number of pyridine rings is 1. The van der Waals surface area contributed by atoms with Crippen molar-refractivity contribution in [3.63, 3.8) is 0 Å². The number of fused-ring (bicyclic) bond motifs is 7. The van der Waals surface area contributed by atoms with Crippen LogP contribution in [-0.2, 0) is 5.41 Å². The molecular formula is C24H22N2. The molecule has 0 radical (unpaired) electrons. The molecule has 0 unspecified atom stereocenters. The molecule has 2 heteroatoms. The van der Waals surface area contributed by atoms with Crippen molar-refractivity contribution in [2.45, 2.75) is 33.1 Å². The maximum atomic E-state index is 4.68. The predicted molar refractivity (Wildman–Crippen MR) is 111 cm³/mol. The second-order valence-electron chi connectivity index (χ2n) is 8.35. The van der Waals surface area contributed by atoms with Crippen LogP contribution in [0.1, 0.15) is 31.9 Å². The van der Waals surface area contributed by atoms with Crippen molar-refractivity contribution < 1.29 is 0 Å². The number of nitrogens with zero attached hydrogens (tertiary/aromatic N) is 2. The minimum atomic E-state index is 0.122. The van der Waals surface area contributed by atoms with Crippen LogP contribution in [0.3, 0.4) is 0 Å². The number of benzene rings is 3. The molecule has 2 heterocycles. The summed E-state index contributed by atoms with van der Waals surface area (Å²) in [5.41, 5.74) is 5.01. The Kier molecular flexibility index (Phi) is 3.00. The van der Waals surface area contributed by atoms with Gasteiger partial charge in [-0.1, -0.05) is 56.7 Å². The fraction of sp³-hybridized carbons (Fsp3) is 0.208. The number of aromatic nitrogens is 2. The summed E-state index contributed by atoms with van der Waals surface area (Å²) >= 11 is 0. The third-order valence-electron chi connectivity index (χ3n) is 5.43. The molecule has 2 aromatic heterocycles. The molecule has 0 spiro atoms. The van der Waals surface area contributed by atoms with Gasteiger partial charge in [0.05, 0.1) is 5.52 Å². The van der Waals surface area contributed by atoms with E-state index in [2.05, 4.69) is 91.8 Å². The molecule has 3 aromatic carbocycles. The lowest BCUT2D eigenvalue weighted by atomic mass is 9.86. The summed E-state index contributed by atoms with van der Waals surface area (Å²) in [5.74, 6) is 0. The molecule has 128 valence electrons. The van der Waals surface area contributed by atoms with Crippen molar-refractivity contribution in [3.05, 3.63) is 72.1 Å². The summed E-state index contributed by atoms with van der Waals surface area (Å²) in [6.45, 7) is 8.93. The number of rotatable bonds is 0. The minimum Gasteiger partial charge on any atom is -0.299 e. The van der Waals surface area contributed by atoms with E-state index in [-0.39, 0.29) is 5.41 Å². The lowest BCUT2D eigenvalue weighted by Crippen LogP contribution is -2.11. The molecule has 0 N–H and O–H groups in total. The zero-order chi connectivity index (χ0) is 18.1. The third-order valence-corrected chi connectivity index (χ3v) is 5.43. The molecular weight excluding hydrogens is 316 g/mol. The number of hydrogen-bond acceptors (Lipinski definition) is 1. The van der Waals surface area contributed by atoms with Gasteiger partial charge in [-0.3, -0.25) is 4.40 Å². The smallest absolute Gasteiger partial charge is 0.145 e. The topological polar surface area (TPSA) is 17.3 Å². The molecule has 0 aliphatic carbocycles. The van der Waals surface area contributed by atoms with Gasteiger partial charge in [-0.05, 0) is 52.3 Å². The number of aryl methyl sites for hydroxylation is 1. The molecule has 0 saturated carbocycles. The molecule has 0 amide bonds. The highest BCUT2D eigenvalue weighted by molar-refractivity contribution is 6.16. The molecule has 0 atom stereocenters. The molecule has 5 rings (SSSR count). The Hall–Kier alpha value is -2.87. The average Bonchev–Trinajstić information content (AvgIpc) is 3.09. The first-order valence-electron chi connectivity index (χ1n) is 9.15. The van der Waals surface area contributed by atoms with Crippen LogP contribution in [-0.4, -0.2) is 9.38 Å². The van der Waals surface area contributed by atoms with Crippen LogP contribution >= 0.6 is 0 Å². The quantitative estimate of drug-likeness (QED) is 0.236. The monoisotopic (exact) mass is 338 g/mol. The van der Waals surface area contributed by atoms with Gasteiger partial charge in [0.15, 0.2) is 0 Å². The van der Waals surface area contributed by atoms with Crippen LogP contribution < -0.4 is 0 Å². The van der Waals surface area contributed by atoms with Crippen LogP contribution in [0, 0.1) is 6.92 Å². The van der Waals surface area contributed by atoms with Crippen molar-refractivity contribution >= 4 is 38.1 Å². The van der Waals surface area contributed by atoms with E-state index in [1.807, 2.05) is 6.20 Å². The van der Waals surface area contributed by atoms with Crippen LogP contribution in [0.5, 0.6) is 0 Å². The fourth-order valence-corrected chi connectivity index (χ4v) is 3.95. The van der Waals surface area contributed by atoms with Crippen molar-refractivity contribution in [2.24, 2.45) is 0 Å². The first-order chi connectivity index (χ1) is 12.4. The maximum absolute atomic E-state index is 4.68. The van der Waals surface area contributed by atoms with Gasteiger partial charge in [-0.2, -0.15) is 0 Å². The second-order valence-corrected chi connectivity index (χ2v) is 8.35. The summed E-state index contributed by atoms with van der Waals surface area (Å²) in [4.78, 5) is 4.68. The van der Waals surface area contributed by atoms with E-state index in [4.69, 9.17) is 0 Å². The molecule has 5 aromatic rings. The van der Waals surface area contributed by atoms with E-state index in [0.29, 0.717) is 0 Å². The van der Waals surface area contributed by atoms with Crippen molar-refractivity contribution in [2.75, 3.05) is 0 Å². The van der Waals surface area contributed by atoms with Crippen LogP contribution in [0.2, 0.25) is 0 Å². The predicted octanol–water partition coefficient (Wildman–Crippen LogP) is 6.40. The zero-order valence-electron chi connectivity index (χ0n) is 15.7. The summed E-state index contributed by atoms with van der Waals surface area (Å²) in [6, 6.07) is 18.1. The molecule has 0 aliphatic heterocycles. The van der Waals surface area contributed by atoms with Gasteiger partial charge in [0.2, 0.25) is 0 Å². The Labute approximate surface area is 153 Å². The first kappa shape index (κ1) is 15.4. The number of imidazole rings is 1. The van der Waals surface area contributed by atoms with E-state index < -0.39 is 0 Å². The summed E-state index contributed by atoms with van der Waals surface area (Å²) in [6.07, 6.45) is 3.97. The second kappa shape index (κ2) is 5.07. The lowest BCUT2D eigenvalue weighted by molar-refractivity contribution is 0.591. The zero-order valence-corrected chi connectivity index (χ0v) is 15.7. The van der Waals surface area contributed by atoms with E-state index >= 15 is 0 Å². The SMILES string of the molecule is Cc1ccc2cc3c(cc2c1)c1ccc(C(C)(C)C)cc1n1ccnc31. The minimum absolute atomic E-state index is 0.122. The fourth-order valence-electron chi connectivity index (χ4n) is 3.95. The third kappa shape index (κ3) is 2.15. The van der Waals surface area contributed by atoms with E-state index in [1.54, 1.807) is 0 Å². The van der Waals surface area contributed by atoms with Crippen molar-refractivity contribution in [1.29, 1.82) is 0 Å². The van der Waals surface area contributed by atoms with Crippen LogP contribution in [0.15, 0.2) is 60.9 Å². The highest BCUT2D eigenvalue weighted by atomic mass is 15.0. The summed E-state index contributed by atoms with van der Waals surface area (Å²) in [7, 11) is 0. The van der Waals surface area contributed by atoms with Gasteiger partial charge >= 0.3 is 0 Å². The Morgan fingerprint density at radius 1 is 0.808 bits per heavy atom. The molecule has 0 fully saturated rings. The van der Waals surface area contributed by atoms with Gasteiger partial charge in [-0.25, -0.2) is 4.98 Å². The molecule has 0 bridgehead atoms. The first-order valence-corrected chi connectivity index (χ1v) is 9.15. The Balaban J connectivity index is 2.01. The normalized spacial score (nSPS) is 12.6. The number of hydrogen-bond donors (Lipinski definition) is 0. The van der Waals surface area contributed by atoms with Crippen LogP contribution in [0.4, 0.5) is 0 Å². The molecule has 0 aliphatic rings. The van der Waals surface area contributed by atoms with Crippen molar-refractivity contribution in [1.82, 2.24) is 9.38 Å². The summed E-state index contributed by atoms with van der Waals surface area (Å²) < 4.78 is 2.23.